The predicted octanol–water partition coefficient (Wildman–Crippen LogP) is 4.38. The number of thioether (sulfide) groups is 2. The van der Waals surface area contributed by atoms with E-state index in [1.807, 2.05) is 24.3 Å². The zero-order chi connectivity index (χ0) is 22.0. The molecular weight excluding hydrogens is 432 g/mol. The van der Waals surface area contributed by atoms with Crippen LogP contribution >= 0.6 is 23.5 Å². The minimum Gasteiger partial charge on any atom is -0.451 e. The maximum Gasteiger partial charge on any atom is 0.303 e. The van der Waals surface area contributed by atoms with Crippen molar-refractivity contribution in [3.63, 3.8) is 0 Å². The lowest BCUT2D eigenvalue weighted by Gasteiger charge is -2.46. The van der Waals surface area contributed by atoms with Gasteiger partial charge in [0.25, 0.3) is 0 Å². The van der Waals surface area contributed by atoms with Crippen LogP contribution in [0.15, 0.2) is 47.5 Å². The van der Waals surface area contributed by atoms with Gasteiger partial charge in [0, 0.05) is 53.5 Å². The van der Waals surface area contributed by atoms with E-state index in [4.69, 9.17) is 4.74 Å². The predicted molar refractivity (Wildman–Crippen MR) is 122 cm³/mol. The Labute approximate surface area is 188 Å². The van der Waals surface area contributed by atoms with Gasteiger partial charge in [0.15, 0.2) is 23.0 Å². The third-order valence-corrected chi connectivity index (χ3v) is 9.69. The summed E-state index contributed by atoms with van der Waals surface area (Å²) >= 11 is 3.14. The van der Waals surface area contributed by atoms with Crippen LogP contribution in [-0.4, -0.2) is 44.5 Å². The number of esters is 1. The Morgan fingerprint density at radius 3 is 2.06 bits per heavy atom. The summed E-state index contributed by atoms with van der Waals surface area (Å²) < 4.78 is 4.83. The fourth-order valence-electron chi connectivity index (χ4n) is 4.92. The third kappa shape index (κ3) is 3.01. The van der Waals surface area contributed by atoms with Gasteiger partial charge >= 0.3 is 5.97 Å². The van der Waals surface area contributed by atoms with Crippen molar-refractivity contribution >= 4 is 57.6 Å². The molecule has 2 aliphatic carbocycles. The Bertz CT molecular complexity index is 1220. The van der Waals surface area contributed by atoms with E-state index in [0.717, 1.165) is 22.3 Å². The van der Waals surface area contributed by atoms with Crippen LogP contribution < -0.4 is 0 Å². The molecule has 7 heteroatoms. The normalized spacial score (nSPS) is 24.3. The molecule has 5 nitrogen and oxygen atoms in total. The Kier molecular flexibility index (Phi) is 4.68. The summed E-state index contributed by atoms with van der Waals surface area (Å²) in [5.41, 5.74) is 0.138. The van der Waals surface area contributed by atoms with Crippen molar-refractivity contribution in [2.24, 2.45) is 0 Å². The van der Waals surface area contributed by atoms with Crippen LogP contribution in [0.3, 0.4) is 0 Å². The van der Waals surface area contributed by atoms with Gasteiger partial charge in [-0.25, -0.2) is 0 Å². The average Bonchev–Trinajstić information content (AvgIpc) is 3.18. The zero-order valence-corrected chi connectivity index (χ0v) is 18.8. The van der Waals surface area contributed by atoms with Crippen molar-refractivity contribution < 1.29 is 23.9 Å². The fourth-order valence-corrected chi connectivity index (χ4v) is 8.47. The highest BCUT2D eigenvalue weighted by molar-refractivity contribution is 8.21. The molecule has 0 saturated carbocycles. The average molecular weight is 453 g/mol. The summed E-state index contributed by atoms with van der Waals surface area (Å²) in [7, 11) is 0. The van der Waals surface area contributed by atoms with Crippen molar-refractivity contribution in [1.29, 1.82) is 0 Å². The molecule has 1 saturated heterocycles. The summed E-state index contributed by atoms with van der Waals surface area (Å²) in [5, 5.41) is 1.78. The number of fused-ring (bicyclic) bond motifs is 3. The van der Waals surface area contributed by atoms with E-state index in [1.165, 1.54) is 13.8 Å². The molecule has 1 heterocycles. The molecule has 1 unspecified atom stereocenters. The van der Waals surface area contributed by atoms with Gasteiger partial charge in [0.2, 0.25) is 0 Å². The molecule has 2 aromatic carbocycles. The molecule has 0 radical (unpaired) electrons. The smallest absolute Gasteiger partial charge is 0.303 e. The summed E-state index contributed by atoms with van der Waals surface area (Å²) in [4.78, 5) is 52.2. The number of carbonyl (C=O) groups excluding carboxylic acids is 4. The number of carbonyl (C=O) groups is 4. The summed E-state index contributed by atoms with van der Waals surface area (Å²) in [6.07, 6.45) is 0.141. The Hall–Kier alpha value is -2.38. The molecule has 1 spiro atoms. The first-order valence-corrected chi connectivity index (χ1v) is 12.1. The SMILES string of the molecule is CC(=O)OC1(C(C)=O)CC2=C(C(=O)c3cc4ccccc4cc3C2=O)C2(C1)SCCS2. The summed E-state index contributed by atoms with van der Waals surface area (Å²) in [5.74, 6) is 0.315. The molecule has 3 aliphatic rings. The van der Waals surface area contributed by atoms with Gasteiger partial charge in [-0.3, -0.25) is 19.2 Å². The zero-order valence-electron chi connectivity index (χ0n) is 17.2. The maximum atomic E-state index is 13.8. The lowest BCUT2D eigenvalue weighted by atomic mass is 9.70. The largest absolute Gasteiger partial charge is 0.451 e. The van der Waals surface area contributed by atoms with Crippen molar-refractivity contribution in [1.82, 2.24) is 0 Å². The minimum absolute atomic E-state index is 0.0586. The molecular formula is C24H20O5S2. The van der Waals surface area contributed by atoms with Crippen molar-refractivity contribution in [2.45, 2.75) is 36.4 Å². The highest BCUT2D eigenvalue weighted by atomic mass is 32.2. The fraction of sp³-hybridized carbons (Fsp3) is 0.333. The third-order valence-electron chi connectivity index (χ3n) is 6.27. The number of benzene rings is 2. The number of Topliss-reactive ketones (excluding diaryl/α,β-unsaturated/α-hetero) is 3. The maximum absolute atomic E-state index is 13.8. The second-order valence-corrected chi connectivity index (χ2v) is 11.3. The summed E-state index contributed by atoms with van der Waals surface area (Å²) in [6.45, 7) is 2.66. The highest BCUT2D eigenvalue weighted by Crippen LogP contribution is 2.60. The van der Waals surface area contributed by atoms with Crippen LogP contribution in [0.25, 0.3) is 10.8 Å². The van der Waals surface area contributed by atoms with E-state index in [9.17, 15) is 19.2 Å². The lowest BCUT2D eigenvalue weighted by Crippen LogP contribution is -2.53. The van der Waals surface area contributed by atoms with Gasteiger partial charge in [-0.2, -0.15) is 0 Å². The molecule has 158 valence electrons. The topological polar surface area (TPSA) is 77.5 Å². The van der Waals surface area contributed by atoms with Gasteiger partial charge in [0.05, 0.1) is 4.08 Å². The number of hydrogen-bond acceptors (Lipinski definition) is 7. The Morgan fingerprint density at radius 2 is 1.52 bits per heavy atom. The van der Waals surface area contributed by atoms with E-state index in [0.29, 0.717) is 22.3 Å². The quantitative estimate of drug-likeness (QED) is 0.626. The second kappa shape index (κ2) is 7.07. The monoisotopic (exact) mass is 452 g/mol. The van der Waals surface area contributed by atoms with Gasteiger partial charge < -0.3 is 4.74 Å². The Balaban J connectivity index is 1.74. The van der Waals surface area contributed by atoms with Crippen molar-refractivity contribution in [3.05, 3.63) is 58.7 Å². The lowest BCUT2D eigenvalue weighted by molar-refractivity contribution is -0.166. The van der Waals surface area contributed by atoms with E-state index in [2.05, 4.69) is 0 Å². The molecule has 0 aromatic heterocycles. The number of hydrogen-bond donors (Lipinski definition) is 0. The van der Waals surface area contributed by atoms with Gasteiger partial charge in [-0.15, -0.1) is 23.5 Å². The van der Waals surface area contributed by atoms with Crippen LogP contribution in [0.5, 0.6) is 0 Å². The molecule has 0 N–H and O–H groups in total. The highest BCUT2D eigenvalue weighted by Gasteiger charge is 2.59. The van der Waals surface area contributed by atoms with Crippen molar-refractivity contribution in [2.75, 3.05) is 11.5 Å². The molecule has 1 fully saturated rings. The first-order valence-electron chi connectivity index (χ1n) is 10.1. The molecule has 0 bridgehead atoms. The van der Waals surface area contributed by atoms with E-state index >= 15 is 0 Å². The molecule has 1 aliphatic heterocycles. The second-order valence-electron chi connectivity index (χ2n) is 8.20. The number of ether oxygens (including phenoxy) is 1. The first-order chi connectivity index (χ1) is 14.8. The van der Waals surface area contributed by atoms with Crippen LogP contribution in [0.4, 0.5) is 0 Å². The molecule has 2 aromatic rings. The van der Waals surface area contributed by atoms with Crippen LogP contribution in [-0.2, 0) is 14.3 Å². The minimum atomic E-state index is -1.43. The van der Waals surface area contributed by atoms with Gasteiger partial charge in [0.1, 0.15) is 0 Å². The number of ketones is 3. The van der Waals surface area contributed by atoms with Crippen molar-refractivity contribution in [3.8, 4) is 0 Å². The Morgan fingerprint density at radius 1 is 0.935 bits per heavy atom. The molecule has 5 rings (SSSR count). The van der Waals surface area contributed by atoms with Crippen LogP contribution in [0, 0.1) is 0 Å². The van der Waals surface area contributed by atoms with E-state index < -0.39 is 15.6 Å². The summed E-state index contributed by atoms with van der Waals surface area (Å²) in [6, 6.07) is 11.2. The van der Waals surface area contributed by atoms with E-state index in [-0.39, 0.29) is 30.2 Å². The molecule has 31 heavy (non-hydrogen) atoms. The first kappa shape index (κ1) is 20.5. The molecule has 0 amide bonds. The van der Waals surface area contributed by atoms with E-state index in [1.54, 1.807) is 35.7 Å². The van der Waals surface area contributed by atoms with Gasteiger partial charge in [-0.05, 0) is 29.8 Å². The van der Waals surface area contributed by atoms with Crippen LogP contribution in [0.2, 0.25) is 0 Å². The van der Waals surface area contributed by atoms with Crippen LogP contribution in [0.1, 0.15) is 47.4 Å². The molecule has 1 atom stereocenters. The number of rotatable bonds is 2. The van der Waals surface area contributed by atoms with Gasteiger partial charge in [-0.1, -0.05) is 24.3 Å². The standard InChI is InChI=1S/C24H20O5S2/c1-13(25)23(29-14(2)26)11-19-20(24(12-23)30-7-8-31-24)22(28)18-10-16-6-4-3-5-15(16)9-17(18)21(19)27/h3-6,9-10H,7-8,11-12H2,1-2H3.